The molecule has 4 rings (SSSR count). The van der Waals surface area contributed by atoms with Crippen molar-refractivity contribution in [3.8, 4) is 11.8 Å². The van der Waals surface area contributed by atoms with E-state index >= 15 is 0 Å². The zero-order valence-corrected chi connectivity index (χ0v) is 14.3. The van der Waals surface area contributed by atoms with Crippen molar-refractivity contribution in [3.63, 3.8) is 0 Å². The molecule has 0 atom stereocenters. The van der Waals surface area contributed by atoms with Gasteiger partial charge in [-0.2, -0.15) is 10.2 Å². The van der Waals surface area contributed by atoms with Gasteiger partial charge in [0.15, 0.2) is 5.58 Å². The summed E-state index contributed by atoms with van der Waals surface area (Å²) in [7, 11) is 1.61. The summed E-state index contributed by atoms with van der Waals surface area (Å²) in [5.41, 5.74) is 2.30. The van der Waals surface area contributed by atoms with Crippen molar-refractivity contribution in [1.82, 2.24) is 4.98 Å². The fourth-order valence-corrected chi connectivity index (χ4v) is 3.13. The van der Waals surface area contributed by atoms with Gasteiger partial charge in [0, 0.05) is 32.2 Å². The van der Waals surface area contributed by atoms with Gasteiger partial charge in [0.25, 0.3) is 6.01 Å². The zero-order chi connectivity index (χ0) is 18.1. The second kappa shape index (κ2) is 6.56. The number of halogens is 1. The molecule has 1 fully saturated rings. The molecule has 26 heavy (non-hydrogen) atoms. The number of hydrogen-bond donors (Lipinski definition) is 0. The van der Waals surface area contributed by atoms with Gasteiger partial charge in [0.2, 0.25) is 0 Å². The smallest absolute Gasteiger partial charge is 0.298 e. The van der Waals surface area contributed by atoms with E-state index in [4.69, 9.17) is 14.4 Å². The van der Waals surface area contributed by atoms with Crippen LogP contribution >= 0.6 is 0 Å². The SMILES string of the molecule is COc1ccc2oc(N3CCN(c4ccc(C#N)cc4F)CC3)nc2c1. The predicted molar refractivity (Wildman–Crippen MR) is 96.1 cm³/mol. The van der Waals surface area contributed by atoms with Crippen LogP contribution in [0.2, 0.25) is 0 Å². The summed E-state index contributed by atoms with van der Waals surface area (Å²) in [6.45, 7) is 2.63. The third kappa shape index (κ3) is 2.90. The number of ether oxygens (including phenoxy) is 1. The summed E-state index contributed by atoms with van der Waals surface area (Å²) >= 11 is 0. The Morgan fingerprint density at radius 2 is 1.88 bits per heavy atom. The lowest BCUT2D eigenvalue weighted by molar-refractivity contribution is 0.415. The molecule has 7 heteroatoms. The number of methoxy groups -OCH3 is 1. The number of aromatic nitrogens is 1. The summed E-state index contributed by atoms with van der Waals surface area (Å²) in [6.07, 6.45) is 0. The lowest BCUT2D eigenvalue weighted by atomic mass is 10.2. The van der Waals surface area contributed by atoms with Gasteiger partial charge < -0.3 is 19.0 Å². The van der Waals surface area contributed by atoms with Crippen LogP contribution < -0.4 is 14.5 Å². The van der Waals surface area contributed by atoms with E-state index in [-0.39, 0.29) is 5.82 Å². The highest BCUT2D eigenvalue weighted by molar-refractivity contribution is 5.76. The van der Waals surface area contributed by atoms with Gasteiger partial charge in [0.1, 0.15) is 17.1 Å². The molecular weight excluding hydrogens is 335 g/mol. The second-order valence-corrected chi connectivity index (χ2v) is 6.08. The molecule has 0 radical (unpaired) electrons. The maximum Gasteiger partial charge on any atom is 0.298 e. The molecule has 1 aliphatic rings. The number of oxazole rings is 1. The van der Waals surface area contributed by atoms with E-state index in [1.54, 1.807) is 19.2 Å². The molecule has 132 valence electrons. The molecule has 3 aromatic rings. The average Bonchev–Trinajstić information content (AvgIpc) is 3.11. The molecule has 0 amide bonds. The molecule has 0 N–H and O–H groups in total. The monoisotopic (exact) mass is 352 g/mol. The molecule has 6 nitrogen and oxygen atoms in total. The van der Waals surface area contributed by atoms with Crippen molar-refractivity contribution in [2.45, 2.75) is 0 Å². The van der Waals surface area contributed by atoms with Gasteiger partial charge in [-0.1, -0.05) is 0 Å². The van der Waals surface area contributed by atoms with Crippen molar-refractivity contribution < 1.29 is 13.5 Å². The maximum absolute atomic E-state index is 14.2. The summed E-state index contributed by atoms with van der Waals surface area (Å²) < 4.78 is 25.2. The Balaban J connectivity index is 1.49. The van der Waals surface area contributed by atoms with E-state index in [0.29, 0.717) is 49.0 Å². The Morgan fingerprint density at radius 1 is 1.12 bits per heavy atom. The Kier molecular flexibility index (Phi) is 4.09. The van der Waals surface area contributed by atoms with Gasteiger partial charge in [-0.25, -0.2) is 4.39 Å². The largest absolute Gasteiger partial charge is 0.497 e. The van der Waals surface area contributed by atoms with Gasteiger partial charge >= 0.3 is 0 Å². The molecule has 1 saturated heterocycles. The first-order chi connectivity index (χ1) is 12.7. The van der Waals surface area contributed by atoms with Crippen LogP contribution in [0.15, 0.2) is 40.8 Å². The molecule has 1 aliphatic heterocycles. The van der Waals surface area contributed by atoms with Crippen LogP contribution in [0.4, 0.5) is 16.1 Å². The number of nitriles is 1. The minimum Gasteiger partial charge on any atom is -0.497 e. The number of fused-ring (bicyclic) bond motifs is 1. The Bertz CT molecular complexity index is 987. The third-order valence-electron chi connectivity index (χ3n) is 4.55. The highest BCUT2D eigenvalue weighted by Crippen LogP contribution is 2.27. The lowest BCUT2D eigenvalue weighted by Crippen LogP contribution is -2.47. The average molecular weight is 352 g/mol. The van der Waals surface area contributed by atoms with E-state index in [9.17, 15) is 4.39 Å². The Labute approximate surface area is 150 Å². The highest BCUT2D eigenvalue weighted by Gasteiger charge is 2.23. The van der Waals surface area contributed by atoms with Crippen molar-refractivity contribution in [3.05, 3.63) is 47.8 Å². The summed E-state index contributed by atoms with van der Waals surface area (Å²) in [5, 5.41) is 8.85. The van der Waals surface area contributed by atoms with Crippen molar-refractivity contribution in [1.29, 1.82) is 5.26 Å². The molecule has 0 saturated carbocycles. The van der Waals surface area contributed by atoms with Gasteiger partial charge in [0.05, 0.1) is 24.4 Å². The first-order valence-electron chi connectivity index (χ1n) is 8.32. The van der Waals surface area contributed by atoms with Crippen LogP contribution in [-0.2, 0) is 0 Å². The van der Waals surface area contributed by atoms with Crippen molar-refractivity contribution in [2.75, 3.05) is 43.1 Å². The van der Waals surface area contributed by atoms with E-state index < -0.39 is 0 Å². The number of nitrogens with zero attached hydrogens (tertiary/aromatic N) is 4. The van der Waals surface area contributed by atoms with Crippen molar-refractivity contribution in [2.24, 2.45) is 0 Å². The molecular formula is C19H17FN4O2. The number of benzene rings is 2. The molecule has 2 heterocycles. The van der Waals surface area contributed by atoms with E-state index in [2.05, 4.69) is 4.98 Å². The fourth-order valence-electron chi connectivity index (χ4n) is 3.13. The van der Waals surface area contributed by atoms with Gasteiger partial charge in [-0.05, 0) is 30.3 Å². The summed E-state index contributed by atoms with van der Waals surface area (Å²) in [5.74, 6) is 0.366. The molecule has 0 bridgehead atoms. The molecule has 0 spiro atoms. The van der Waals surface area contributed by atoms with Crippen LogP contribution in [0.1, 0.15) is 5.56 Å². The van der Waals surface area contributed by atoms with Crippen LogP contribution in [0.3, 0.4) is 0 Å². The highest BCUT2D eigenvalue weighted by atomic mass is 19.1. The van der Waals surface area contributed by atoms with Crippen LogP contribution in [0.25, 0.3) is 11.1 Å². The number of anilines is 2. The molecule has 1 aromatic heterocycles. The predicted octanol–water partition coefficient (Wildman–Crippen LogP) is 3.17. The van der Waals surface area contributed by atoms with Crippen LogP contribution in [0.5, 0.6) is 5.75 Å². The van der Waals surface area contributed by atoms with Crippen LogP contribution in [-0.4, -0.2) is 38.3 Å². The normalized spacial score (nSPS) is 14.5. The van der Waals surface area contributed by atoms with Gasteiger partial charge in [-0.15, -0.1) is 0 Å². The first-order valence-corrected chi connectivity index (χ1v) is 8.32. The zero-order valence-electron chi connectivity index (χ0n) is 14.3. The quantitative estimate of drug-likeness (QED) is 0.721. The second-order valence-electron chi connectivity index (χ2n) is 6.08. The minimum atomic E-state index is -0.369. The number of piperazine rings is 1. The standard InChI is InChI=1S/C19H17FN4O2/c1-25-14-3-5-18-16(11-14)22-19(26-18)24-8-6-23(7-9-24)17-4-2-13(12-21)10-15(17)20/h2-5,10-11H,6-9H2,1H3. The topological polar surface area (TPSA) is 65.5 Å². The van der Waals surface area contributed by atoms with Crippen LogP contribution in [0, 0.1) is 17.1 Å². The maximum atomic E-state index is 14.2. The molecule has 0 aliphatic carbocycles. The number of hydrogen-bond acceptors (Lipinski definition) is 6. The third-order valence-corrected chi connectivity index (χ3v) is 4.55. The first kappa shape index (κ1) is 16.2. The van der Waals surface area contributed by atoms with E-state index in [0.717, 1.165) is 11.3 Å². The number of rotatable bonds is 3. The summed E-state index contributed by atoms with van der Waals surface area (Å²) in [6, 6.07) is 12.6. The minimum absolute atomic E-state index is 0.326. The van der Waals surface area contributed by atoms with E-state index in [1.165, 1.54) is 6.07 Å². The Hall–Kier alpha value is -3.27. The fraction of sp³-hybridized carbons (Fsp3) is 0.263. The molecule has 0 unspecified atom stereocenters. The summed E-state index contributed by atoms with van der Waals surface area (Å²) in [4.78, 5) is 8.55. The van der Waals surface area contributed by atoms with Gasteiger partial charge in [-0.3, -0.25) is 0 Å². The van der Waals surface area contributed by atoms with Crippen molar-refractivity contribution >= 4 is 22.8 Å². The van der Waals surface area contributed by atoms with E-state index in [1.807, 2.05) is 34.1 Å². The lowest BCUT2D eigenvalue weighted by Gasteiger charge is -2.35. The Morgan fingerprint density at radius 3 is 2.58 bits per heavy atom. The molecule has 2 aromatic carbocycles.